The van der Waals surface area contributed by atoms with Crippen molar-refractivity contribution < 1.29 is 38.9 Å². The summed E-state index contributed by atoms with van der Waals surface area (Å²) in [4.78, 5) is 42.5. The average Bonchev–Trinajstić information content (AvgIpc) is 2.12. The highest BCUT2D eigenvalue weighted by Gasteiger charge is 2.18. The molecule has 0 aromatic carbocycles. The lowest BCUT2D eigenvalue weighted by Gasteiger charge is -2.04. The first kappa shape index (κ1) is 15.0. The molecular formula is C9H12O8. The number of carbonyl (C=O) groups is 4. The Balaban J connectivity index is 3.89. The average molecular weight is 248 g/mol. The third-order valence-corrected chi connectivity index (χ3v) is 1.40. The van der Waals surface area contributed by atoms with Crippen LogP contribution in [0.25, 0.3) is 0 Å². The van der Waals surface area contributed by atoms with Crippen LogP contribution in [0.2, 0.25) is 0 Å². The lowest BCUT2D eigenvalue weighted by molar-refractivity contribution is -0.149. The fourth-order valence-electron chi connectivity index (χ4n) is 0.750. The van der Waals surface area contributed by atoms with Gasteiger partial charge in [0.05, 0.1) is 25.4 Å². The van der Waals surface area contributed by atoms with Gasteiger partial charge in [-0.3, -0.25) is 14.4 Å². The molecule has 0 aliphatic rings. The summed E-state index contributed by atoms with van der Waals surface area (Å²) < 4.78 is 8.00. The van der Waals surface area contributed by atoms with Crippen LogP contribution in [0.3, 0.4) is 0 Å². The Bertz CT molecular complexity index is 319. The van der Waals surface area contributed by atoms with Crippen molar-refractivity contribution in [3.63, 3.8) is 0 Å². The van der Waals surface area contributed by atoms with Crippen molar-refractivity contribution in [2.45, 2.75) is 32.3 Å². The van der Waals surface area contributed by atoms with Gasteiger partial charge < -0.3 is 19.7 Å². The molecule has 0 fully saturated rings. The molecule has 0 aliphatic carbocycles. The third kappa shape index (κ3) is 9.00. The van der Waals surface area contributed by atoms with E-state index in [9.17, 15) is 19.2 Å². The first-order valence-corrected chi connectivity index (χ1v) is 4.66. The van der Waals surface area contributed by atoms with Gasteiger partial charge in [-0.2, -0.15) is 0 Å². The number of ether oxygens (including phenoxy) is 2. The molecule has 1 atom stereocenters. The topological polar surface area (TPSA) is 127 Å². The second-order valence-electron chi connectivity index (χ2n) is 3.15. The molecule has 0 aromatic rings. The zero-order chi connectivity index (χ0) is 13.4. The Morgan fingerprint density at radius 1 is 1.06 bits per heavy atom. The summed E-state index contributed by atoms with van der Waals surface area (Å²) in [5, 5.41) is 17.0. The van der Waals surface area contributed by atoms with Gasteiger partial charge in [0.15, 0.2) is 0 Å². The van der Waals surface area contributed by atoms with Gasteiger partial charge in [-0.1, -0.05) is 0 Å². The van der Waals surface area contributed by atoms with Crippen LogP contribution >= 0.6 is 0 Å². The Morgan fingerprint density at radius 2 is 1.59 bits per heavy atom. The molecule has 8 heteroatoms. The van der Waals surface area contributed by atoms with Crippen LogP contribution < -0.4 is 0 Å². The van der Waals surface area contributed by atoms with E-state index in [1.807, 2.05) is 0 Å². The third-order valence-electron chi connectivity index (χ3n) is 1.40. The molecule has 0 aromatic heterocycles. The maximum absolute atomic E-state index is 10.8. The molecule has 0 saturated heterocycles. The van der Waals surface area contributed by atoms with Gasteiger partial charge in [-0.25, -0.2) is 4.79 Å². The molecule has 0 amide bonds. The van der Waals surface area contributed by atoms with Crippen molar-refractivity contribution >= 4 is 24.1 Å². The Kier molecular flexibility index (Phi) is 6.49. The molecule has 2 N–H and O–H groups in total. The number of aliphatic hydroxyl groups excluding tert-OH is 1. The van der Waals surface area contributed by atoms with E-state index in [1.54, 1.807) is 0 Å². The van der Waals surface area contributed by atoms with Crippen LogP contribution in [0.4, 0.5) is 4.79 Å². The second kappa shape index (κ2) is 7.34. The molecule has 96 valence electrons. The summed E-state index contributed by atoms with van der Waals surface area (Å²) in [5.74, 6) is -3.38. The van der Waals surface area contributed by atoms with E-state index >= 15 is 0 Å². The van der Waals surface area contributed by atoms with Gasteiger partial charge in [0.2, 0.25) is 0 Å². The lowest BCUT2D eigenvalue weighted by Crippen LogP contribution is -2.20. The van der Waals surface area contributed by atoms with Gasteiger partial charge in [-0.15, -0.1) is 0 Å². The Hall–Kier alpha value is -1.96. The minimum absolute atomic E-state index is 0.418. The van der Waals surface area contributed by atoms with Gasteiger partial charge in [0.1, 0.15) is 0 Å². The van der Waals surface area contributed by atoms with E-state index < -0.39 is 49.4 Å². The van der Waals surface area contributed by atoms with Crippen LogP contribution in [-0.2, 0) is 23.9 Å². The van der Waals surface area contributed by atoms with Crippen LogP contribution in [-0.4, -0.2) is 40.4 Å². The number of esters is 2. The number of aliphatic hydroxyl groups is 1. The molecule has 0 bridgehead atoms. The summed E-state index contributed by atoms with van der Waals surface area (Å²) >= 11 is 0. The molecule has 8 nitrogen and oxygen atoms in total. The summed E-state index contributed by atoms with van der Waals surface area (Å²) in [6, 6.07) is 0. The summed E-state index contributed by atoms with van der Waals surface area (Å²) in [5.41, 5.74) is 0. The van der Waals surface area contributed by atoms with E-state index in [0.29, 0.717) is 0 Å². The van der Waals surface area contributed by atoms with Crippen molar-refractivity contribution in [1.82, 2.24) is 0 Å². The van der Waals surface area contributed by atoms with Crippen molar-refractivity contribution in [2.24, 2.45) is 0 Å². The molecule has 1 unspecified atom stereocenters. The van der Waals surface area contributed by atoms with Crippen molar-refractivity contribution in [2.75, 3.05) is 0 Å². The standard InChI is InChI=1S/C9H12O8/c1-5(10)4-8(14)17-9(15)16-7(13)3-2-6(11)12/h5,10H,2-4H2,1H3,(H,11,12). The maximum atomic E-state index is 10.8. The minimum Gasteiger partial charge on any atom is -0.481 e. The zero-order valence-corrected chi connectivity index (χ0v) is 9.04. The van der Waals surface area contributed by atoms with Gasteiger partial charge in [0.25, 0.3) is 0 Å². The molecule has 0 rings (SSSR count). The molecule has 0 aliphatic heterocycles. The number of hydrogen-bond acceptors (Lipinski definition) is 7. The van der Waals surface area contributed by atoms with E-state index in [0.717, 1.165) is 0 Å². The highest BCUT2D eigenvalue weighted by molar-refractivity contribution is 5.89. The number of rotatable bonds is 5. The summed E-state index contributed by atoms with van der Waals surface area (Å²) in [6.07, 6.45) is -3.94. The SMILES string of the molecule is CC(O)CC(=O)OC(=O)OC(=O)CCC(=O)O. The van der Waals surface area contributed by atoms with Crippen molar-refractivity contribution in [3.05, 3.63) is 0 Å². The first-order chi connectivity index (χ1) is 7.81. The zero-order valence-electron chi connectivity index (χ0n) is 9.04. The van der Waals surface area contributed by atoms with Crippen molar-refractivity contribution in [3.8, 4) is 0 Å². The Morgan fingerprint density at radius 3 is 2.06 bits per heavy atom. The summed E-state index contributed by atoms with van der Waals surface area (Å²) in [7, 11) is 0. The van der Waals surface area contributed by atoms with Gasteiger partial charge in [0, 0.05) is 0 Å². The molecule has 17 heavy (non-hydrogen) atoms. The lowest BCUT2D eigenvalue weighted by atomic mass is 10.3. The highest BCUT2D eigenvalue weighted by Crippen LogP contribution is 1.98. The molecule has 0 heterocycles. The minimum atomic E-state index is -1.54. The molecule has 0 saturated carbocycles. The predicted molar refractivity (Wildman–Crippen MR) is 50.7 cm³/mol. The smallest absolute Gasteiger partial charge is 0.481 e. The first-order valence-electron chi connectivity index (χ1n) is 4.66. The van der Waals surface area contributed by atoms with Crippen LogP contribution in [0.15, 0.2) is 0 Å². The molecule has 0 spiro atoms. The second-order valence-corrected chi connectivity index (χ2v) is 3.15. The van der Waals surface area contributed by atoms with E-state index in [-0.39, 0.29) is 0 Å². The normalized spacial score (nSPS) is 11.4. The molecule has 0 radical (unpaired) electrons. The fourth-order valence-corrected chi connectivity index (χ4v) is 0.750. The van der Waals surface area contributed by atoms with Crippen molar-refractivity contribution in [1.29, 1.82) is 0 Å². The van der Waals surface area contributed by atoms with Gasteiger partial charge >= 0.3 is 24.1 Å². The molecular weight excluding hydrogens is 236 g/mol. The maximum Gasteiger partial charge on any atom is 0.524 e. The fraction of sp³-hybridized carbons (Fsp3) is 0.556. The van der Waals surface area contributed by atoms with Crippen LogP contribution in [0.1, 0.15) is 26.2 Å². The van der Waals surface area contributed by atoms with E-state index in [2.05, 4.69) is 9.47 Å². The van der Waals surface area contributed by atoms with Crippen LogP contribution in [0.5, 0.6) is 0 Å². The number of carboxylic acids is 1. The number of carboxylic acid groups (broad SMARTS) is 1. The van der Waals surface area contributed by atoms with Gasteiger partial charge in [-0.05, 0) is 6.92 Å². The monoisotopic (exact) mass is 248 g/mol. The number of aliphatic carboxylic acids is 1. The Labute approximate surface area is 96.1 Å². The predicted octanol–water partition coefficient (Wildman–Crippen LogP) is -0.172. The number of hydrogen-bond donors (Lipinski definition) is 2. The summed E-state index contributed by atoms with van der Waals surface area (Å²) in [6.45, 7) is 1.31. The highest BCUT2D eigenvalue weighted by atomic mass is 16.8. The van der Waals surface area contributed by atoms with E-state index in [1.165, 1.54) is 6.92 Å². The van der Waals surface area contributed by atoms with E-state index in [4.69, 9.17) is 10.2 Å². The largest absolute Gasteiger partial charge is 0.524 e. The quantitative estimate of drug-likeness (QED) is 0.507. The number of carbonyl (C=O) groups excluding carboxylic acids is 3. The van der Waals surface area contributed by atoms with Crippen LogP contribution in [0, 0.1) is 0 Å².